The first-order chi connectivity index (χ1) is 1.73. The molecule has 4 nitrogen and oxygen atoms in total. The van der Waals surface area contributed by atoms with Crippen LogP contribution in [0.2, 0.25) is 0 Å². The van der Waals surface area contributed by atoms with Gasteiger partial charge in [0.15, 0.2) is 0 Å². The van der Waals surface area contributed by atoms with Crippen molar-refractivity contribution in [2.75, 3.05) is 0 Å². The Labute approximate surface area is 67.5 Å². The topological polar surface area (TPSA) is 63.4 Å². The Bertz CT molecular complexity index is 31.8. The van der Waals surface area contributed by atoms with Crippen molar-refractivity contribution in [1.29, 1.82) is 0 Å². The van der Waals surface area contributed by atoms with E-state index < -0.39 is 5.09 Å². The average Bonchev–Trinajstić information content (AvgIpc) is 0.811. The van der Waals surface area contributed by atoms with Gasteiger partial charge in [0.25, 0.3) is 5.09 Å². The third kappa shape index (κ3) is 112. The van der Waals surface area contributed by atoms with Crippen molar-refractivity contribution in [1.82, 2.24) is 0 Å². The monoisotopic (exact) mass is 327 g/mol. The molecule has 0 bridgehead atoms. The SMILES string of the molecule is O=[N+]([O-])O.[TeH2].[TeH2]. The summed E-state index contributed by atoms with van der Waals surface area (Å²) in [5.74, 6) is 0. The van der Waals surface area contributed by atoms with Gasteiger partial charge in [-0.1, -0.05) is 0 Å². The van der Waals surface area contributed by atoms with Gasteiger partial charge in [0.05, 0.1) is 0 Å². The molecule has 0 atom stereocenters. The minimum absolute atomic E-state index is 0. The fourth-order valence-corrected chi connectivity index (χ4v) is 0. The number of rotatable bonds is 0. The summed E-state index contributed by atoms with van der Waals surface area (Å²) in [6, 6.07) is 0. The molecule has 0 aliphatic rings. The first-order valence-corrected chi connectivity index (χ1v) is 0.565. The molecular weight excluding hydrogens is 317 g/mol. The predicted molar refractivity (Wildman–Crippen MR) is 25.9 cm³/mol. The van der Waals surface area contributed by atoms with Crippen LogP contribution in [0, 0.1) is 10.1 Å². The van der Waals surface area contributed by atoms with Crippen molar-refractivity contribution in [2.45, 2.75) is 0 Å². The van der Waals surface area contributed by atoms with Crippen LogP contribution in [0.25, 0.3) is 0 Å². The Kier molecular flexibility index (Phi) is 24.4. The van der Waals surface area contributed by atoms with Crippen molar-refractivity contribution >= 4 is 47.3 Å². The van der Waals surface area contributed by atoms with Crippen LogP contribution in [-0.4, -0.2) is 57.6 Å². The molecule has 0 radical (unpaired) electrons. The van der Waals surface area contributed by atoms with Gasteiger partial charge in [0.1, 0.15) is 0 Å². The summed E-state index contributed by atoms with van der Waals surface area (Å²) < 4.78 is 0. The summed E-state index contributed by atoms with van der Waals surface area (Å²) in [4.78, 5) is 8.36. The summed E-state index contributed by atoms with van der Waals surface area (Å²) in [5, 5.41) is 13.6. The molecule has 0 aromatic carbocycles. The Morgan fingerprint density at radius 1 is 1.50 bits per heavy atom. The molecule has 0 aliphatic carbocycles. The van der Waals surface area contributed by atoms with Gasteiger partial charge in [-0.15, -0.1) is 10.1 Å². The van der Waals surface area contributed by atoms with Crippen molar-refractivity contribution in [2.24, 2.45) is 0 Å². The van der Waals surface area contributed by atoms with E-state index in [9.17, 15) is 0 Å². The van der Waals surface area contributed by atoms with Crippen LogP contribution in [0.15, 0.2) is 0 Å². The number of hydrogen-bond donors (Lipinski definition) is 1. The first kappa shape index (κ1) is 15.9. The van der Waals surface area contributed by atoms with Crippen molar-refractivity contribution < 1.29 is 10.3 Å². The van der Waals surface area contributed by atoms with E-state index in [4.69, 9.17) is 15.3 Å². The van der Waals surface area contributed by atoms with Crippen LogP contribution >= 0.6 is 0 Å². The summed E-state index contributed by atoms with van der Waals surface area (Å²) in [7, 11) is 0. The van der Waals surface area contributed by atoms with E-state index in [2.05, 4.69) is 0 Å². The van der Waals surface area contributed by atoms with Gasteiger partial charge in [0.2, 0.25) is 0 Å². The molecule has 0 unspecified atom stereocenters. The normalized spacial score (nSPS) is 4.00. The summed E-state index contributed by atoms with van der Waals surface area (Å²) >= 11 is 0. The maximum atomic E-state index is 8.36. The molecule has 0 saturated carbocycles. The molecule has 0 amide bonds. The van der Waals surface area contributed by atoms with E-state index in [0.717, 1.165) is 0 Å². The molecule has 0 fully saturated rings. The zero-order valence-electron chi connectivity index (χ0n) is 2.71. The molecule has 0 rings (SSSR count). The van der Waals surface area contributed by atoms with Crippen LogP contribution in [-0.2, 0) is 0 Å². The second kappa shape index (κ2) is 9.24. The molecule has 0 aliphatic heterocycles. The molecule has 6 heavy (non-hydrogen) atoms. The molecular formula is H5NO3Te2. The second-order valence-electron chi connectivity index (χ2n) is 0.238. The van der Waals surface area contributed by atoms with E-state index in [1.807, 2.05) is 0 Å². The average molecular weight is 322 g/mol. The van der Waals surface area contributed by atoms with Crippen LogP contribution in [0.5, 0.6) is 0 Å². The standard InChI is InChI=1S/HNO3.2H2Te/c2-1(3)4;;/h(H,2,3,4);2*1H2. The summed E-state index contributed by atoms with van der Waals surface area (Å²) in [5.41, 5.74) is 0. The number of hydrogen-bond acceptors (Lipinski definition) is 2. The molecule has 0 aromatic heterocycles. The van der Waals surface area contributed by atoms with E-state index in [0.29, 0.717) is 0 Å². The Morgan fingerprint density at radius 2 is 1.50 bits per heavy atom. The van der Waals surface area contributed by atoms with E-state index in [1.54, 1.807) is 0 Å². The van der Waals surface area contributed by atoms with E-state index >= 15 is 0 Å². The molecule has 0 spiro atoms. The Balaban J connectivity index is -0.0000000450. The van der Waals surface area contributed by atoms with Crippen molar-refractivity contribution in [3.63, 3.8) is 0 Å². The maximum absolute atomic E-state index is 8.36. The fourth-order valence-electron chi connectivity index (χ4n) is 0. The third-order valence-corrected chi connectivity index (χ3v) is 0. The van der Waals surface area contributed by atoms with E-state index in [-0.39, 0.29) is 47.3 Å². The van der Waals surface area contributed by atoms with Gasteiger partial charge in [-0.3, -0.25) is 0 Å². The summed E-state index contributed by atoms with van der Waals surface area (Å²) in [6.07, 6.45) is 0. The third-order valence-electron chi connectivity index (χ3n) is 0. The van der Waals surface area contributed by atoms with Gasteiger partial charge in [-0.2, -0.15) is 0 Å². The van der Waals surface area contributed by atoms with Gasteiger partial charge >= 0.3 is 47.3 Å². The van der Waals surface area contributed by atoms with Gasteiger partial charge in [0, 0.05) is 0 Å². The second-order valence-corrected chi connectivity index (χ2v) is 0.238. The molecule has 0 aromatic rings. The fraction of sp³-hybridized carbons (Fsp3) is 0. The molecule has 0 saturated heterocycles. The molecule has 0 heterocycles. The van der Waals surface area contributed by atoms with Crippen molar-refractivity contribution in [3.8, 4) is 0 Å². The van der Waals surface area contributed by atoms with Gasteiger partial charge < -0.3 is 5.21 Å². The Hall–Kier alpha value is 0.779. The Morgan fingerprint density at radius 3 is 1.50 bits per heavy atom. The number of nitrogens with zero attached hydrogens (tertiary/aromatic N) is 1. The zero-order chi connectivity index (χ0) is 3.58. The molecule has 1 N–H and O–H groups in total. The molecule has 40 valence electrons. The minimum atomic E-state index is -1.50. The predicted octanol–water partition coefficient (Wildman–Crippen LogP) is -2.18. The van der Waals surface area contributed by atoms with Crippen LogP contribution in [0.3, 0.4) is 0 Å². The van der Waals surface area contributed by atoms with Crippen LogP contribution < -0.4 is 0 Å². The van der Waals surface area contributed by atoms with Crippen LogP contribution in [0.1, 0.15) is 0 Å². The first-order valence-electron chi connectivity index (χ1n) is 0.565. The molecule has 6 heteroatoms. The van der Waals surface area contributed by atoms with Crippen molar-refractivity contribution in [3.05, 3.63) is 10.1 Å². The zero-order valence-corrected chi connectivity index (χ0v) is 8.42. The van der Waals surface area contributed by atoms with E-state index in [1.165, 1.54) is 0 Å². The van der Waals surface area contributed by atoms with Crippen LogP contribution in [0.4, 0.5) is 0 Å². The summed E-state index contributed by atoms with van der Waals surface area (Å²) in [6.45, 7) is 0. The van der Waals surface area contributed by atoms with Gasteiger partial charge in [-0.05, 0) is 0 Å². The quantitative estimate of drug-likeness (QED) is 0.313. The van der Waals surface area contributed by atoms with Gasteiger partial charge in [-0.25, -0.2) is 0 Å².